The molecule has 0 fully saturated rings. The summed E-state index contributed by atoms with van der Waals surface area (Å²) in [5.74, 6) is -0.887. The smallest absolute Gasteiger partial charge is 0.243 e. The number of benzene rings is 3. The van der Waals surface area contributed by atoms with Crippen LogP contribution in [-0.2, 0) is 32.6 Å². The minimum absolute atomic E-state index is 0.0732. The van der Waals surface area contributed by atoms with E-state index in [9.17, 15) is 22.4 Å². The maximum absolute atomic E-state index is 13.7. The molecule has 2 amide bonds. The number of anilines is 1. The first kappa shape index (κ1) is 25.5. The maximum atomic E-state index is 13.7. The average Bonchev–Trinajstić information content (AvgIpc) is 2.88. The summed E-state index contributed by atoms with van der Waals surface area (Å²) in [6.07, 6.45) is 0.772. The molecule has 7 nitrogen and oxygen atoms in total. The lowest BCUT2D eigenvalue weighted by atomic mass is 9.92. The second-order valence-corrected chi connectivity index (χ2v) is 10.5. The fourth-order valence-corrected chi connectivity index (χ4v) is 5.92. The van der Waals surface area contributed by atoms with Crippen LogP contribution in [0.15, 0.2) is 77.7 Å². The van der Waals surface area contributed by atoms with E-state index in [2.05, 4.69) is 10.6 Å². The molecule has 1 atom stereocenters. The van der Waals surface area contributed by atoms with Crippen LogP contribution in [0.3, 0.4) is 0 Å². The van der Waals surface area contributed by atoms with Crippen LogP contribution < -0.4 is 10.6 Å². The molecule has 0 radical (unpaired) electrons. The van der Waals surface area contributed by atoms with Crippen LogP contribution in [0.2, 0.25) is 0 Å². The SMILES string of the molecule is CCC(=O)Nc1ccc(S(=O)(=O)N2CCc3ccccc3[C@@H]2CC(=O)NCc2cccc(F)c2)cc1. The zero-order valence-electron chi connectivity index (χ0n) is 19.9. The molecule has 0 spiro atoms. The number of fused-ring (bicyclic) bond motifs is 1. The fraction of sp³-hybridized carbons (Fsp3) is 0.259. The summed E-state index contributed by atoms with van der Waals surface area (Å²) in [4.78, 5) is 24.6. The zero-order chi connectivity index (χ0) is 25.7. The molecule has 0 aromatic heterocycles. The van der Waals surface area contributed by atoms with Crippen LogP contribution in [0.4, 0.5) is 10.1 Å². The number of amides is 2. The lowest BCUT2D eigenvalue weighted by Crippen LogP contribution is -2.42. The molecule has 0 bridgehead atoms. The molecular formula is C27H28FN3O4S. The minimum atomic E-state index is -3.93. The Balaban J connectivity index is 1.56. The highest BCUT2D eigenvalue weighted by Crippen LogP contribution is 2.36. The molecule has 0 unspecified atom stereocenters. The van der Waals surface area contributed by atoms with Gasteiger partial charge in [-0.2, -0.15) is 4.31 Å². The van der Waals surface area contributed by atoms with Crippen molar-refractivity contribution in [3.8, 4) is 0 Å². The van der Waals surface area contributed by atoms with Gasteiger partial charge in [0.15, 0.2) is 0 Å². The fourth-order valence-electron chi connectivity index (χ4n) is 4.32. The number of hydrogen-bond donors (Lipinski definition) is 2. The van der Waals surface area contributed by atoms with Crippen LogP contribution in [0, 0.1) is 5.82 Å². The van der Waals surface area contributed by atoms with Crippen molar-refractivity contribution in [1.29, 1.82) is 0 Å². The molecule has 4 rings (SSSR count). The Morgan fingerprint density at radius 1 is 1.00 bits per heavy atom. The Morgan fingerprint density at radius 3 is 2.47 bits per heavy atom. The molecule has 3 aromatic carbocycles. The normalized spacial score (nSPS) is 15.7. The summed E-state index contributed by atoms with van der Waals surface area (Å²) in [7, 11) is -3.93. The van der Waals surface area contributed by atoms with Crippen molar-refractivity contribution in [2.75, 3.05) is 11.9 Å². The number of nitrogens with one attached hydrogen (secondary N) is 2. The van der Waals surface area contributed by atoms with Crippen LogP contribution in [0.1, 0.15) is 42.5 Å². The molecule has 0 saturated heterocycles. The molecule has 188 valence electrons. The van der Waals surface area contributed by atoms with Crippen LogP contribution >= 0.6 is 0 Å². The molecule has 9 heteroatoms. The van der Waals surface area contributed by atoms with Gasteiger partial charge in [0.05, 0.1) is 10.9 Å². The minimum Gasteiger partial charge on any atom is -0.352 e. The van der Waals surface area contributed by atoms with E-state index >= 15 is 0 Å². The highest BCUT2D eigenvalue weighted by Gasteiger charge is 2.37. The first-order valence-corrected chi connectivity index (χ1v) is 13.2. The van der Waals surface area contributed by atoms with Crippen molar-refractivity contribution in [2.45, 2.75) is 43.7 Å². The molecule has 1 aliphatic heterocycles. The van der Waals surface area contributed by atoms with Gasteiger partial charge in [-0.05, 0) is 59.5 Å². The van der Waals surface area contributed by atoms with E-state index in [1.165, 1.54) is 28.6 Å². The first-order chi connectivity index (χ1) is 17.3. The Hall–Kier alpha value is -3.56. The highest BCUT2D eigenvalue weighted by atomic mass is 32.2. The van der Waals surface area contributed by atoms with Crippen molar-refractivity contribution in [2.24, 2.45) is 0 Å². The number of rotatable bonds is 8. The third-order valence-corrected chi connectivity index (χ3v) is 8.11. The number of hydrogen-bond acceptors (Lipinski definition) is 4. The van der Waals surface area contributed by atoms with E-state index in [1.807, 2.05) is 24.3 Å². The Kier molecular flexibility index (Phi) is 7.81. The van der Waals surface area contributed by atoms with Gasteiger partial charge in [-0.3, -0.25) is 9.59 Å². The molecule has 0 saturated carbocycles. The Labute approximate surface area is 210 Å². The van der Waals surface area contributed by atoms with Gasteiger partial charge in [0, 0.05) is 31.6 Å². The van der Waals surface area contributed by atoms with Crippen LogP contribution in [0.5, 0.6) is 0 Å². The lowest BCUT2D eigenvalue weighted by Gasteiger charge is -2.36. The number of nitrogens with zero attached hydrogens (tertiary/aromatic N) is 1. The third kappa shape index (κ3) is 5.80. The van der Waals surface area contributed by atoms with Gasteiger partial charge in [0.2, 0.25) is 21.8 Å². The number of carbonyl (C=O) groups excluding carboxylic acids is 2. The van der Waals surface area contributed by atoms with E-state index in [4.69, 9.17) is 0 Å². The summed E-state index contributed by atoms with van der Waals surface area (Å²) >= 11 is 0. The van der Waals surface area contributed by atoms with E-state index in [0.717, 1.165) is 11.1 Å². The van der Waals surface area contributed by atoms with Gasteiger partial charge < -0.3 is 10.6 Å². The third-order valence-electron chi connectivity index (χ3n) is 6.19. The quantitative estimate of drug-likeness (QED) is 0.477. The van der Waals surface area contributed by atoms with Crippen molar-refractivity contribution in [3.63, 3.8) is 0 Å². The zero-order valence-corrected chi connectivity index (χ0v) is 20.7. The molecular weight excluding hydrogens is 481 g/mol. The predicted molar refractivity (Wildman–Crippen MR) is 135 cm³/mol. The van der Waals surface area contributed by atoms with Crippen molar-refractivity contribution in [3.05, 3.63) is 95.3 Å². The standard InChI is InChI=1S/C27H28FN3O4S/c1-2-26(32)30-22-10-12-23(13-11-22)36(34,35)31-15-14-20-7-3-4-9-24(20)25(31)17-27(33)29-18-19-6-5-8-21(28)16-19/h3-13,16,25H,2,14-15,17-18H2,1H3,(H,29,33)(H,30,32)/t25-/m0/s1. The molecule has 2 N–H and O–H groups in total. The molecule has 36 heavy (non-hydrogen) atoms. The summed E-state index contributed by atoms with van der Waals surface area (Å²) in [5.41, 5.74) is 2.93. The maximum Gasteiger partial charge on any atom is 0.243 e. The molecule has 0 aliphatic carbocycles. The van der Waals surface area contributed by atoms with Crippen molar-refractivity contribution < 1.29 is 22.4 Å². The van der Waals surface area contributed by atoms with E-state index in [-0.39, 0.29) is 42.0 Å². The second kappa shape index (κ2) is 11.0. The van der Waals surface area contributed by atoms with Crippen LogP contribution in [-0.4, -0.2) is 31.1 Å². The number of carbonyl (C=O) groups is 2. The lowest BCUT2D eigenvalue weighted by molar-refractivity contribution is -0.122. The number of sulfonamides is 1. The van der Waals surface area contributed by atoms with E-state index in [0.29, 0.717) is 24.1 Å². The van der Waals surface area contributed by atoms with E-state index in [1.54, 1.807) is 31.2 Å². The number of halogens is 1. The summed E-state index contributed by atoms with van der Waals surface area (Å²) in [6.45, 7) is 2.11. The van der Waals surface area contributed by atoms with Crippen LogP contribution in [0.25, 0.3) is 0 Å². The van der Waals surface area contributed by atoms with Gasteiger partial charge in [-0.15, -0.1) is 0 Å². The van der Waals surface area contributed by atoms with Gasteiger partial charge in [0.25, 0.3) is 0 Å². The summed E-state index contributed by atoms with van der Waals surface area (Å²) < 4.78 is 42.2. The topological polar surface area (TPSA) is 95.6 Å². The van der Waals surface area contributed by atoms with Crippen molar-refractivity contribution >= 4 is 27.5 Å². The van der Waals surface area contributed by atoms with Gasteiger partial charge in [-0.1, -0.05) is 43.3 Å². The van der Waals surface area contributed by atoms with Gasteiger partial charge in [0.1, 0.15) is 5.82 Å². The largest absolute Gasteiger partial charge is 0.352 e. The monoisotopic (exact) mass is 509 g/mol. The van der Waals surface area contributed by atoms with Gasteiger partial charge >= 0.3 is 0 Å². The Morgan fingerprint density at radius 2 is 1.75 bits per heavy atom. The van der Waals surface area contributed by atoms with E-state index < -0.39 is 16.1 Å². The summed E-state index contributed by atoms with van der Waals surface area (Å²) in [5, 5.41) is 5.48. The molecule has 1 heterocycles. The molecule has 3 aromatic rings. The second-order valence-electron chi connectivity index (χ2n) is 8.62. The Bertz CT molecular complexity index is 1360. The predicted octanol–water partition coefficient (Wildman–Crippen LogP) is 4.17. The van der Waals surface area contributed by atoms with Crippen molar-refractivity contribution in [1.82, 2.24) is 9.62 Å². The average molecular weight is 510 g/mol. The highest BCUT2D eigenvalue weighted by molar-refractivity contribution is 7.89. The summed E-state index contributed by atoms with van der Waals surface area (Å²) in [6, 6.07) is 18.8. The molecule has 1 aliphatic rings. The first-order valence-electron chi connectivity index (χ1n) is 11.8. The van der Waals surface area contributed by atoms with Gasteiger partial charge in [-0.25, -0.2) is 12.8 Å².